The fourth-order valence-corrected chi connectivity index (χ4v) is 1.14. The predicted octanol–water partition coefficient (Wildman–Crippen LogP) is 2.56. The van der Waals surface area contributed by atoms with Gasteiger partial charge < -0.3 is 5.32 Å². The van der Waals surface area contributed by atoms with E-state index >= 15 is 0 Å². The van der Waals surface area contributed by atoms with Crippen LogP contribution in [0, 0.1) is 22.0 Å². The molecular weight excluding hydrogens is 204 g/mol. The first kappa shape index (κ1) is 11.8. The molecule has 0 aliphatic heterocycles. The van der Waals surface area contributed by atoms with Gasteiger partial charge in [-0.3, -0.25) is 10.1 Å². The van der Waals surface area contributed by atoms with Crippen molar-refractivity contribution in [3.05, 3.63) is 46.0 Å². The zero-order chi connectivity index (χ0) is 12.1. The first-order chi connectivity index (χ1) is 7.54. The number of nitro benzene ring substituents is 1. The summed E-state index contributed by atoms with van der Waals surface area (Å²) >= 11 is 0. The van der Waals surface area contributed by atoms with Gasteiger partial charge in [0.1, 0.15) is 0 Å². The highest BCUT2D eigenvalue weighted by Crippen LogP contribution is 2.20. The van der Waals surface area contributed by atoms with Crippen LogP contribution in [0.2, 0.25) is 0 Å². The van der Waals surface area contributed by atoms with Crippen LogP contribution in [-0.2, 0) is 0 Å². The minimum Gasteiger partial charge on any atom is -0.387 e. The summed E-state index contributed by atoms with van der Waals surface area (Å²) in [6, 6.07) is 4.53. The van der Waals surface area contributed by atoms with E-state index in [1.807, 2.05) is 0 Å². The highest BCUT2D eigenvalue weighted by atomic mass is 16.6. The monoisotopic (exact) mass is 216 g/mol. The predicted molar refractivity (Wildman–Crippen MR) is 64.3 cm³/mol. The summed E-state index contributed by atoms with van der Waals surface area (Å²) < 4.78 is 0. The summed E-state index contributed by atoms with van der Waals surface area (Å²) in [5.41, 5.74) is 2.11. The molecule has 82 valence electrons. The van der Waals surface area contributed by atoms with E-state index in [9.17, 15) is 10.1 Å². The Labute approximate surface area is 94.1 Å². The van der Waals surface area contributed by atoms with E-state index in [-0.39, 0.29) is 5.69 Å². The molecule has 1 aromatic rings. The number of non-ortho nitro benzene ring substituents is 1. The molecule has 0 atom stereocenters. The first-order valence-electron chi connectivity index (χ1n) is 4.68. The van der Waals surface area contributed by atoms with Gasteiger partial charge in [-0.25, -0.2) is 0 Å². The van der Waals surface area contributed by atoms with Gasteiger partial charge in [0.15, 0.2) is 0 Å². The van der Waals surface area contributed by atoms with Crippen LogP contribution in [0.1, 0.15) is 12.5 Å². The zero-order valence-corrected chi connectivity index (χ0v) is 9.20. The molecule has 0 aromatic heterocycles. The fourth-order valence-electron chi connectivity index (χ4n) is 1.14. The van der Waals surface area contributed by atoms with Crippen molar-refractivity contribution in [1.82, 2.24) is 0 Å². The lowest BCUT2D eigenvalue weighted by molar-refractivity contribution is -0.384. The van der Waals surface area contributed by atoms with E-state index in [2.05, 4.69) is 23.7 Å². The van der Waals surface area contributed by atoms with Crippen molar-refractivity contribution < 1.29 is 4.92 Å². The maximum Gasteiger partial charge on any atom is 0.270 e. The number of nitro groups is 1. The van der Waals surface area contributed by atoms with Gasteiger partial charge in [0, 0.05) is 19.2 Å². The molecule has 1 aromatic carbocycles. The molecule has 4 heteroatoms. The minimum atomic E-state index is -0.439. The molecule has 0 amide bonds. The number of hydrogen-bond acceptors (Lipinski definition) is 3. The number of hydrogen-bond donors (Lipinski definition) is 1. The number of allylic oxidation sites excluding steroid dienone is 1. The highest BCUT2D eigenvalue weighted by molar-refractivity contribution is 5.63. The maximum atomic E-state index is 10.6. The quantitative estimate of drug-likeness (QED) is 0.469. The van der Waals surface area contributed by atoms with Crippen LogP contribution in [0.3, 0.4) is 0 Å². The summed E-state index contributed by atoms with van der Waals surface area (Å²) in [4.78, 5) is 10.2. The smallest absolute Gasteiger partial charge is 0.270 e. The largest absolute Gasteiger partial charge is 0.387 e. The Kier molecular flexibility index (Phi) is 3.67. The summed E-state index contributed by atoms with van der Waals surface area (Å²) in [6.07, 6.45) is 0. The average Bonchev–Trinajstić information content (AvgIpc) is 2.25. The summed E-state index contributed by atoms with van der Waals surface area (Å²) in [6.45, 7) is 5.44. The summed E-state index contributed by atoms with van der Waals surface area (Å²) in [5, 5.41) is 13.5. The Balaban J connectivity index is 3.24. The van der Waals surface area contributed by atoms with Gasteiger partial charge in [0.2, 0.25) is 0 Å². The Morgan fingerprint density at radius 1 is 1.56 bits per heavy atom. The van der Waals surface area contributed by atoms with Crippen molar-refractivity contribution in [2.45, 2.75) is 6.92 Å². The Hall–Kier alpha value is -2.28. The number of rotatable bonds is 2. The molecule has 1 N–H and O–H groups in total. The van der Waals surface area contributed by atoms with Crippen molar-refractivity contribution in [3.8, 4) is 11.8 Å². The third-order valence-electron chi connectivity index (χ3n) is 1.89. The van der Waals surface area contributed by atoms with Gasteiger partial charge in [0.05, 0.1) is 16.2 Å². The molecule has 0 aliphatic carbocycles. The number of benzene rings is 1. The van der Waals surface area contributed by atoms with Crippen LogP contribution < -0.4 is 5.32 Å². The van der Waals surface area contributed by atoms with E-state index in [0.717, 1.165) is 5.69 Å². The molecule has 0 aliphatic rings. The van der Waals surface area contributed by atoms with Crippen molar-refractivity contribution in [1.29, 1.82) is 0 Å². The molecule has 4 nitrogen and oxygen atoms in total. The molecule has 0 unspecified atom stereocenters. The molecule has 0 heterocycles. The summed E-state index contributed by atoms with van der Waals surface area (Å²) in [5.74, 6) is 5.64. The second-order valence-electron chi connectivity index (χ2n) is 3.27. The first-order valence-corrected chi connectivity index (χ1v) is 4.68. The lowest BCUT2D eigenvalue weighted by atomic mass is 10.1. The Morgan fingerprint density at radius 3 is 2.75 bits per heavy atom. The average molecular weight is 216 g/mol. The minimum absolute atomic E-state index is 0.0324. The van der Waals surface area contributed by atoms with Crippen LogP contribution in [0.5, 0.6) is 0 Å². The maximum absolute atomic E-state index is 10.6. The molecule has 0 spiro atoms. The standard InChI is InChI=1S/C12H12N2O2/c1-9(2)4-5-10-8-11(14(15)16)6-7-12(10)13-3/h6-8,13H,1H2,2-3H3. The molecule has 0 fully saturated rings. The second kappa shape index (κ2) is 4.99. The summed E-state index contributed by atoms with van der Waals surface area (Å²) in [7, 11) is 1.74. The molecule has 0 radical (unpaired) electrons. The SMILES string of the molecule is C=C(C)C#Cc1cc([N+](=O)[O-])ccc1NC. The second-order valence-corrected chi connectivity index (χ2v) is 3.27. The van der Waals surface area contributed by atoms with Crippen molar-refractivity contribution in [3.63, 3.8) is 0 Å². The van der Waals surface area contributed by atoms with E-state index in [1.54, 1.807) is 20.0 Å². The molecule has 16 heavy (non-hydrogen) atoms. The van der Waals surface area contributed by atoms with Crippen molar-refractivity contribution in [2.75, 3.05) is 12.4 Å². The van der Waals surface area contributed by atoms with Gasteiger partial charge in [0.25, 0.3) is 5.69 Å². The van der Waals surface area contributed by atoms with Gasteiger partial charge in [-0.15, -0.1) is 0 Å². The van der Waals surface area contributed by atoms with E-state index < -0.39 is 4.92 Å². The van der Waals surface area contributed by atoms with E-state index in [1.165, 1.54) is 12.1 Å². The molecule has 0 saturated carbocycles. The molecule has 0 saturated heterocycles. The Bertz CT molecular complexity index is 495. The van der Waals surface area contributed by atoms with Gasteiger partial charge in [-0.2, -0.15) is 0 Å². The Morgan fingerprint density at radius 2 is 2.25 bits per heavy atom. The van der Waals surface area contributed by atoms with E-state index in [0.29, 0.717) is 11.1 Å². The number of nitrogens with zero attached hydrogens (tertiary/aromatic N) is 1. The van der Waals surface area contributed by atoms with Crippen LogP contribution >= 0.6 is 0 Å². The number of anilines is 1. The van der Waals surface area contributed by atoms with Gasteiger partial charge in [-0.05, 0) is 18.6 Å². The normalized spacial score (nSPS) is 8.88. The van der Waals surface area contributed by atoms with Gasteiger partial charge >= 0.3 is 0 Å². The zero-order valence-electron chi connectivity index (χ0n) is 9.20. The van der Waals surface area contributed by atoms with Crippen molar-refractivity contribution >= 4 is 11.4 Å². The third-order valence-corrected chi connectivity index (χ3v) is 1.89. The highest BCUT2D eigenvalue weighted by Gasteiger charge is 2.08. The third kappa shape index (κ3) is 2.85. The molecule has 1 rings (SSSR count). The van der Waals surface area contributed by atoms with Crippen LogP contribution in [0.15, 0.2) is 30.4 Å². The van der Waals surface area contributed by atoms with Crippen LogP contribution in [-0.4, -0.2) is 12.0 Å². The topological polar surface area (TPSA) is 55.2 Å². The van der Waals surface area contributed by atoms with Crippen LogP contribution in [0.25, 0.3) is 0 Å². The molecule has 0 bridgehead atoms. The number of nitrogens with one attached hydrogen (secondary N) is 1. The molecular formula is C12H12N2O2. The van der Waals surface area contributed by atoms with E-state index in [4.69, 9.17) is 0 Å². The van der Waals surface area contributed by atoms with Gasteiger partial charge in [-0.1, -0.05) is 18.4 Å². The fraction of sp³-hybridized carbons (Fsp3) is 0.167. The van der Waals surface area contributed by atoms with Crippen LogP contribution in [0.4, 0.5) is 11.4 Å². The lowest BCUT2D eigenvalue weighted by Crippen LogP contribution is -1.95. The van der Waals surface area contributed by atoms with Crippen molar-refractivity contribution in [2.24, 2.45) is 0 Å². The lowest BCUT2D eigenvalue weighted by Gasteiger charge is -2.02.